The summed E-state index contributed by atoms with van der Waals surface area (Å²) in [4.78, 5) is 10.7. The molecule has 1 fully saturated rings. The normalized spacial score (nSPS) is 29.8. The van der Waals surface area contributed by atoms with Gasteiger partial charge in [0.1, 0.15) is 5.54 Å². The van der Waals surface area contributed by atoms with Crippen LogP contribution in [0.2, 0.25) is 0 Å². The molecule has 11 heavy (non-hydrogen) atoms. The molecule has 2 atom stereocenters. The number of nitrogens with two attached hydrogens (primary N) is 1. The van der Waals surface area contributed by atoms with Crippen LogP contribution in [0.15, 0.2) is 0 Å². The van der Waals surface area contributed by atoms with Crippen LogP contribution in [0, 0.1) is 5.92 Å². The Morgan fingerprint density at radius 3 is 2.82 bits per heavy atom. The van der Waals surface area contributed by atoms with Gasteiger partial charge in [0.15, 0.2) is 0 Å². The van der Waals surface area contributed by atoms with E-state index in [9.17, 15) is 4.79 Å². The average molecular weight is 158 g/mol. The van der Waals surface area contributed by atoms with Crippen LogP contribution in [0.1, 0.15) is 13.3 Å². The van der Waals surface area contributed by atoms with Gasteiger partial charge in [0, 0.05) is 12.5 Å². The lowest BCUT2D eigenvalue weighted by atomic mass is 9.86. The summed E-state index contributed by atoms with van der Waals surface area (Å²) >= 11 is 0. The fraction of sp³-hybridized carbons (Fsp3) is 0.857. The first-order chi connectivity index (χ1) is 5.05. The molecule has 4 N–H and O–H groups in total. The third-order valence-electron chi connectivity index (χ3n) is 2.37. The Hall–Kier alpha value is -0.610. The number of carboxylic acids is 1. The van der Waals surface area contributed by atoms with E-state index in [1.54, 1.807) is 6.92 Å². The SMILES string of the molecule is C[C@](N)(C(=O)O)C1CCNC1. The number of nitrogens with one attached hydrogen (secondary N) is 1. The van der Waals surface area contributed by atoms with Crippen LogP contribution in [0.25, 0.3) is 0 Å². The topological polar surface area (TPSA) is 75.4 Å². The summed E-state index contributed by atoms with van der Waals surface area (Å²) in [6, 6.07) is 0. The fourth-order valence-electron chi connectivity index (χ4n) is 1.34. The van der Waals surface area contributed by atoms with E-state index < -0.39 is 11.5 Å². The highest BCUT2D eigenvalue weighted by Crippen LogP contribution is 2.20. The zero-order chi connectivity index (χ0) is 8.48. The molecule has 1 heterocycles. The monoisotopic (exact) mass is 158 g/mol. The number of aliphatic carboxylic acids is 1. The Morgan fingerprint density at radius 2 is 2.45 bits per heavy atom. The molecule has 1 aliphatic rings. The van der Waals surface area contributed by atoms with Crippen LogP contribution in [0.3, 0.4) is 0 Å². The zero-order valence-corrected chi connectivity index (χ0v) is 6.63. The van der Waals surface area contributed by atoms with E-state index in [0.717, 1.165) is 19.5 Å². The highest BCUT2D eigenvalue weighted by molar-refractivity contribution is 5.78. The lowest BCUT2D eigenvalue weighted by molar-refractivity contribution is -0.144. The summed E-state index contributed by atoms with van der Waals surface area (Å²) in [6.07, 6.45) is 0.860. The van der Waals surface area contributed by atoms with Crippen molar-refractivity contribution in [1.29, 1.82) is 0 Å². The van der Waals surface area contributed by atoms with Gasteiger partial charge in [0.2, 0.25) is 0 Å². The van der Waals surface area contributed by atoms with Crippen LogP contribution in [-0.4, -0.2) is 29.7 Å². The van der Waals surface area contributed by atoms with Crippen molar-refractivity contribution in [3.8, 4) is 0 Å². The maximum atomic E-state index is 10.7. The summed E-state index contributed by atoms with van der Waals surface area (Å²) < 4.78 is 0. The second kappa shape index (κ2) is 2.79. The van der Waals surface area contributed by atoms with Crippen molar-refractivity contribution in [2.75, 3.05) is 13.1 Å². The van der Waals surface area contributed by atoms with Gasteiger partial charge in [-0.15, -0.1) is 0 Å². The molecule has 0 aromatic heterocycles. The predicted octanol–water partition coefficient (Wildman–Crippen LogP) is -0.602. The molecule has 1 aliphatic heterocycles. The first kappa shape index (κ1) is 8.49. The summed E-state index contributed by atoms with van der Waals surface area (Å²) in [5.74, 6) is -0.841. The highest BCUT2D eigenvalue weighted by atomic mass is 16.4. The Kier molecular flexibility index (Phi) is 2.15. The molecule has 0 bridgehead atoms. The van der Waals surface area contributed by atoms with Crippen LogP contribution in [-0.2, 0) is 4.79 Å². The van der Waals surface area contributed by atoms with Crippen LogP contribution in [0.5, 0.6) is 0 Å². The second-order valence-electron chi connectivity index (χ2n) is 3.28. The molecular weight excluding hydrogens is 144 g/mol. The van der Waals surface area contributed by atoms with E-state index in [1.165, 1.54) is 0 Å². The third-order valence-corrected chi connectivity index (χ3v) is 2.37. The van der Waals surface area contributed by atoms with Crippen molar-refractivity contribution < 1.29 is 9.90 Å². The molecule has 0 aliphatic carbocycles. The molecule has 1 saturated heterocycles. The summed E-state index contributed by atoms with van der Waals surface area (Å²) in [6.45, 7) is 3.18. The standard InChI is InChI=1S/C7H14N2O2/c1-7(8,6(10)11)5-2-3-9-4-5/h5,9H,2-4,8H2,1H3,(H,10,11)/t5?,7-/m1/s1. The highest BCUT2D eigenvalue weighted by Gasteiger charge is 2.38. The number of hydrogen-bond donors (Lipinski definition) is 3. The number of carbonyl (C=O) groups is 1. The van der Waals surface area contributed by atoms with E-state index in [1.807, 2.05) is 0 Å². The maximum Gasteiger partial charge on any atom is 0.323 e. The van der Waals surface area contributed by atoms with Crippen molar-refractivity contribution in [1.82, 2.24) is 5.32 Å². The smallest absolute Gasteiger partial charge is 0.323 e. The quantitative estimate of drug-likeness (QED) is 0.501. The third kappa shape index (κ3) is 1.52. The largest absolute Gasteiger partial charge is 0.480 e. The second-order valence-corrected chi connectivity index (χ2v) is 3.28. The number of hydrogen-bond acceptors (Lipinski definition) is 3. The summed E-state index contributed by atoms with van der Waals surface area (Å²) in [5, 5.41) is 11.8. The van der Waals surface area contributed by atoms with Gasteiger partial charge < -0.3 is 16.2 Å². The van der Waals surface area contributed by atoms with Gasteiger partial charge in [0.05, 0.1) is 0 Å². The molecule has 0 amide bonds. The zero-order valence-electron chi connectivity index (χ0n) is 6.63. The number of rotatable bonds is 2. The maximum absolute atomic E-state index is 10.7. The molecule has 0 aromatic rings. The van der Waals surface area contributed by atoms with Gasteiger partial charge in [0.25, 0.3) is 0 Å². The fourth-order valence-corrected chi connectivity index (χ4v) is 1.34. The Morgan fingerprint density at radius 1 is 1.82 bits per heavy atom. The minimum Gasteiger partial charge on any atom is -0.480 e. The molecular formula is C7H14N2O2. The Bertz CT molecular complexity index is 162. The summed E-state index contributed by atoms with van der Waals surface area (Å²) in [7, 11) is 0. The molecule has 4 nitrogen and oxygen atoms in total. The van der Waals surface area contributed by atoms with Crippen molar-refractivity contribution >= 4 is 5.97 Å². The van der Waals surface area contributed by atoms with Crippen molar-refractivity contribution in [2.24, 2.45) is 11.7 Å². The Labute approximate surface area is 65.8 Å². The van der Waals surface area contributed by atoms with E-state index in [4.69, 9.17) is 10.8 Å². The van der Waals surface area contributed by atoms with Gasteiger partial charge in [-0.2, -0.15) is 0 Å². The Balaban J connectivity index is 2.62. The average Bonchev–Trinajstić information content (AvgIpc) is 2.37. The van der Waals surface area contributed by atoms with E-state index in [-0.39, 0.29) is 5.92 Å². The molecule has 0 aromatic carbocycles. The van der Waals surface area contributed by atoms with E-state index >= 15 is 0 Å². The van der Waals surface area contributed by atoms with Gasteiger partial charge >= 0.3 is 5.97 Å². The van der Waals surface area contributed by atoms with Crippen LogP contribution < -0.4 is 11.1 Å². The van der Waals surface area contributed by atoms with Gasteiger partial charge in [-0.05, 0) is 19.9 Å². The van der Waals surface area contributed by atoms with E-state index in [2.05, 4.69) is 5.32 Å². The lowest BCUT2D eigenvalue weighted by Gasteiger charge is -2.25. The molecule has 1 unspecified atom stereocenters. The minimum atomic E-state index is -1.07. The molecule has 64 valence electrons. The van der Waals surface area contributed by atoms with E-state index in [0.29, 0.717) is 0 Å². The van der Waals surface area contributed by atoms with Crippen molar-refractivity contribution in [3.05, 3.63) is 0 Å². The molecule has 4 heteroatoms. The van der Waals surface area contributed by atoms with Crippen LogP contribution in [0.4, 0.5) is 0 Å². The molecule has 0 saturated carbocycles. The van der Waals surface area contributed by atoms with Crippen molar-refractivity contribution in [3.63, 3.8) is 0 Å². The molecule has 0 radical (unpaired) electrons. The van der Waals surface area contributed by atoms with Gasteiger partial charge in [-0.25, -0.2) is 0 Å². The predicted molar refractivity (Wildman–Crippen MR) is 41.2 cm³/mol. The first-order valence-corrected chi connectivity index (χ1v) is 3.78. The minimum absolute atomic E-state index is 0.0694. The van der Waals surface area contributed by atoms with Crippen LogP contribution >= 0.6 is 0 Å². The van der Waals surface area contributed by atoms with Gasteiger partial charge in [-0.3, -0.25) is 4.79 Å². The molecule has 1 rings (SSSR count). The number of carboxylic acid groups (broad SMARTS) is 1. The summed E-state index contributed by atoms with van der Waals surface area (Å²) in [5.41, 5.74) is 4.56. The first-order valence-electron chi connectivity index (χ1n) is 3.78. The lowest BCUT2D eigenvalue weighted by Crippen LogP contribution is -2.52. The van der Waals surface area contributed by atoms with Gasteiger partial charge in [-0.1, -0.05) is 0 Å². The molecule has 0 spiro atoms. The van der Waals surface area contributed by atoms with Crippen molar-refractivity contribution in [2.45, 2.75) is 18.9 Å².